The van der Waals surface area contributed by atoms with Gasteiger partial charge < -0.3 is 0 Å². The second-order valence-electron chi connectivity index (χ2n) is 4.58. The molecular weight excluding hydrogens is 132 g/mol. The molecule has 0 aromatic heterocycles. The lowest BCUT2D eigenvalue weighted by Crippen LogP contribution is -2.15. The van der Waals surface area contributed by atoms with Crippen molar-refractivity contribution in [2.24, 2.45) is 23.7 Å². The smallest absolute Gasteiger partial charge is 0.0360 e. The molecule has 0 aromatic carbocycles. The first-order valence-electron chi connectivity index (χ1n) is 4.77. The molecule has 0 aromatic rings. The molecule has 0 heterocycles. The third kappa shape index (κ3) is 1.45. The quantitative estimate of drug-likeness (QED) is 0.540. The van der Waals surface area contributed by atoms with Crippen LogP contribution in [0.1, 0.15) is 47.0 Å². The van der Waals surface area contributed by atoms with Crippen molar-refractivity contribution in [3.8, 4) is 0 Å². The van der Waals surface area contributed by atoms with Crippen LogP contribution in [0.25, 0.3) is 0 Å². The van der Waals surface area contributed by atoms with E-state index in [-0.39, 0.29) is 7.43 Å². The van der Waals surface area contributed by atoms with Gasteiger partial charge in [0.05, 0.1) is 0 Å². The molecule has 0 nitrogen and oxygen atoms in total. The Morgan fingerprint density at radius 1 is 1.09 bits per heavy atom. The summed E-state index contributed by atoms with van der Waals surface area (Å²) in [7, 11) is 0. The normalized spacial score (nSPS) is 41.2. The molecular formula is C11H22. The Labute approximate surface area is 71.4 Å². The van der Waals surface area contributed by atoms with Gasteiger partial charge in [-0.25, -0.2) is 0 Å². The molecule has 2 rings (SSSR count). The fraction of sp³-hybridized carbons (Fsp3) is 1.00. The van der Waals surface area contributed by atoms with Crippen molar-refractivity contribution >= 4 is 0 Å². The molecule has 3 atom stereocenters. The highest BCUT2D eigenvalue weighted by atomic mass is 14.5. The Balaban J connectivity index is 0.000000605. The van der Waals surface area contributed by atoms with Gasteiger partial charge in [-0.3, -0.25) is 0 Å². The van der Waals surface area contributed by atoms with E-state index in [0.29, 0.717) is 0 Å². The van der Waals surface area contributed by atoms with E-state index in [9.17, 15) is 0 Å². The average molecular weight is 154 g/mol. The van der Waals surface area contributed by atoms with Gasteiger partial charge in [-0.1, -0.05) is 27.7 Å². The Hall–Kier alpha value is 0. The molecule has 0 N–H and O–H groups in total. The molecule has 66 valence electrons. The van der Waals surface area contributed by atoms with Gasteiger partial charge in [0, 0.05) is 0 Å². The van der Waals surface area contributed by atoms with Crippen LogP contribution in [-0.4, -0.2) is 0 Å². The zero-order valence-corrected chi connectivity index (χ0v) is 7.14. The summed E-state index contributed by atoms with van der Waals surface area (Å²) in [5.41, 5.74) is 0. The summed E-state index contributed by atoms with van der Waals surface area (Å²) >= 11 is 0. The van der Waals surface area contributed by atoms with Crippen LogP contribution in [0.4, 0.5) is 0 Å². The summed E-state index contributed by atoms with van der Waals surface area (Å²) in [6, 6.07) is 0. The van der Waals surface area contributed by atoms with Gasteiger partial charge in [0.25, 0.3) is 0 Å². The molecule has 2 bridgehead atoms. The number of rotatable bonds is 1. The second-order valence-corrected chi connectivity index (χ2v) is 4.58. The summed E-state index contributed by atoms with van der Waals surface area (Å²) in [5, 5.41) is 0. The minimum atomic E-state index is 0. The molecule has 0 radical (unpaired) electrons. The maximum absolute atomic E-state index is 2.39. The lowest BCUT2D eigenvalue weighted by molar-refractivity contribution is 0.256. The maximum atomic E-state index is 2.39. The Bertz CT molecular complexity index is 126. The minimum Gasteiger partial charge on any atom is -0.0776 e. The van der Waals surface area contributed by atoms with Crippen LogP contribution in [-0.2, 0) is 0 Å². The largest absolute Gasteiger partial charge is 0.0776 e. The predicted molar refractivity (Wildman–Crippen MR) is 50.5 cm³/mol. The standard InChI is InChI=1S/C10H18.CH4/c1-7(2)10-6-8-3-4-9(10)5-8;/h7-10H,3-6H2,1-2H3;1H4/t8-,9+,10?;/m0./s1. The fourth-order valence-corrected chi connectivity index (χ4v) is 3.11. The Morgan fingerprint density at radius 2 is 1.82 bits per heavy atom. The van der Waals surface area contributed by atoms with Crippen LogP contribution in [0.15, 0.2) is 0 Å². The van der Waals surface area contributed by atoms with Gasteiger partial charge in [-0.15, -0.1) is 0 Å². The van der Waals surface area contributed by atoms with Gasteiger partial charge in [-0.2, -0.15) is 0 Å². The van der Waals surface area contributed by atoms with Crippen molar-refractivity contribution in [2.45, 2.75) is 47.0 Å². The molecule has 0 saturated heterocycles. The Kier molecular flexibility index (Phi) is 2.61. The summed E-state index contributed by atoms with van der Waals surface area (Å²) < 4.78 is 0. The summed E-state index contributed by atoms with van der Waals surface area (Å²) in [4.78, 5) is 0. The van der Waals surface area contributed by atoms with E-state index >= 15 is 0 Å². The van der Waals surface area contributed by atoms with Gasteiger partial charge >= 0.3 is 0 Å². The van der Waals surface area contributed by atoms with Gasteiger partial charge in [0.1, 0.15) is 0 Å². The van der Waals surface area contributed by atoms with Crippen LogP contribution < -0.4 is 0 Å². The number of hydrogen-bond acceptors (Lipinski definition) is 0. The first kappa shape index (κ1) is 9.09. The van der Waals surface area contributed by atoms with E-state index < -0.39 is 0 Å². The third-order valence-corrected chi connectivity index (χ3v) is 3.65. The monoisotopic (exact) mass is 154 g/mol. The Morgan fingerprint density at radius 3 is 2.09 bits per heavy atom. The van der Waals surface area contributed by atoms with Gasteiger partial charge in [-0.05, 0) is 42.9 Å². The van der Waals surface area contributed by atoms with E-state index in [2.05, 4.69) is 13.8 Å². The lowest BCUT2D eigenvalue weighted by atomic mass is 9.81. The molecule has 11 heavy (non-hydrogen) atoms. The zero-order valence-electron chi connectivity index (χ0n) is 7.14. The number of hydrogen-bond donors (Lipinski definition) is 0. The topological polar surface area (TPSA) is 0 Å². The SMILES string of the molecule is C.CC(C)C1C[C@H]2CC[C@@H]1C2. The number of fused-ring (bicyclic) bond motifs is 2. The van der Waals surface area contributed by atoms with Crippen LogP contribution in [0.5, 0.6) is 0 Å². The highest BCUT2D eigenvalue weighted by Crippen LogP contribution is 2.50. The van der Waals surface area contributed by atoms with Crippen LogP contribution in [0, 0.1) is 23.7 Å². The molecule has 1 unspecified atom stereocenters. The predicted octanol–water partition coefficient (Wildman–Crippen LogP) is 3.71. The molecule has 0 aliphatic heterocycles. The molecule has 2 saturated carbocycles. The fourth-order valence-electron chi connectivity index (χ4n) is 3.11. The maximum Gasteiger partial charge on any atom is -0.0360 e. The summed E-state index contributed by atoms with van der Waals surface area (Å²) in [6.07, 6.45) is 6.23. The molecule has 0 spiro atoms. The third-order valence-electron chi connectivity index (χ3n) is 3.65. The molecule has 2 aliphatic carbocycles. The molecule has 0 amide bonds. The van der Waals surface area contributed by atoms with E-state index in [1.54, 1.807) is 25.7 Å². The zero-order chi connectivity index (χ0) is 7.14. The van der Waals surface area contributed by atoms with Gasteiger partial charge in [0.2, 0.25) is 0 Å². The van der Waals surface area contributed by atoms with Gasteiger partial charge in [0.15, 0.2) is 0 Å². The highest BCUT2D eigenvalue weighted by molar-refractivity contribution is 4.90. The average Bonchev–Trinajstić information content (AvgIpc) is 2.44. The van der Waals surface area contributed by atoms with Crippen molar-refractivity contribution < 1.29 is 0 Å². The lowest BCUT2D eigenvalue weighted by Gasteiger charge is -2.24. The van der Waals surface area contributed by atoms with E-state index in [4.69, 9.17) is 0 Å². The van der Waals surface area contributed by atoms with Crippen LogP contribution >= 0.6 is 0 Å². The van der Waals surface area contributed by atoms with E-state index in [0.717, 1.165) is 23.7 Å². The summed E-state index contributed by atoms with van der Waals surface area (Å²) in [5.74, 6) is 4.32. The highest BCUT2D eigenvalue weighted by Gasteiger charge is 2.40. The second kappa shape index (κ2) is 3.16. The van der Waals surface area contributed by atoms with Crippen molar-refractivity contribution in [3.63, 3.8) is 0 Å². The van der Waals surface area contributed by atoms with Crippen molar-refractivity contribution in [3.05, 3.63) is 0 Å². The summed E-state index contributed by atoms with van der Waals surface area (Å²) in [6.45, 7) is 4.79. The first-order valence-corrected chi connectivity index (χ1v) is 4.77. The molecule has 2 aliphatic rings. The minimum absolute atomic E-state index is 0. The van der Waals surface area contributed by atoms with Crippen molar-refractivity contribution in [1.29, 1.82) is 0 Å². The molecule has 2 fully saturated rings. The van der Waals surface area contributed by atoms with E-state index in [1.165, 1.54) is 0 Å². The molecule has 0 heteroatoms. The first-order chi connectivity index (χ1) is 4.77. The van der Waals surface area contributed by atoms with Crippen molar-refractivity contribution in [1.82, 2.24) is 0 Å². The van der Waals surface area contributed by atoms with Crippen molar-refractivity contribution in [2.75, 3.05) is 0 Å². The van der Waals surface area contributed by atoms with Crippen LogP contribution in [0.3, 0.4) is 0 Å². The van der Waals surface area contributed by atoms with E-state index in [1.807, 2.05) is 0 Å². The van der Waals surface area contributed by atoms with Crippen LogP contribution in [0.2, 0.25) is 0 Å².